The summed E-state index contributed by atoms with van der Waals surface area (Å²) < 4.78 is 0. The summed E-state index contributed by atoms with van der Waals surface area (Å²) in [5.74, 6) is 1.54. The number of carbonyl (C=O) groups excluding carboxylic acids is 1. The molecule has 6 nitrogen and oxygen atoms in total. The van der Waals surface area contributed by atoms with Crippen molar-refractivity contribution in [3.05, 3.63) is 23.5 Å². The summed E-state index contributed by atoms with van der Waals surface area (Å²) in [5.41, 5.74) is 5.72. The lowest BCUT2D eigenvalue weighted by atomic mass is 9.86. The maximum Gasteiger partial charge on any atom is 0.270 e. The highest BCUT2D eigenvalue weighted by molar-refractivity contribution is 8.14. The average Bonchev–Trinajstić information content (AvgIpc) is 3.36. The summed E-state index contributed by atoms with van der Waals surface area (Å²) in [6.45, 7) is 4.03. The van der Waals surface area contributed by atoms with E-state index in [-0.39, 0.29) is 18.3 Å². The Morgan fingerprint density at radius 1 is 1.26 bits per heavy atom. The van der Waals surface area contributed by atoms with Crippen molar-refractivity contribution in [1.29, 1.82) is 0 Å². The maximum absolute atomic E-state index is 12.5. The Bertz CT molecular complexity index is 725. The first-order chi connectivity index (χ1) is 12.7. The zero-order chi connectivity index (χ0) is 17.9. The number of nitrogens with one attached hydrogen (secondary N) is 2. The molecule has 1 saturated carbocycles. The van der Waals surface area contributed by atoms with Crippen molar-refractivity contribution in [2.75, 3.05) is 18.8 Å². The SMILES string of the molecule is CC1CCCCC1N=C1NN=C(c2c[nH]c(C(=O)N3CCCC3)c2)CS1.Cl. The van der Waals surface area contributed by atoms with Gasteiger partial charge in [-0.2, -0.15) is 5.10 Å². The fraction of sp³-hybridized carbons (Fsp3) is 0.632. The number of aromatic amines is 1. The molecule has 1 aliphatic carbocycles. The van der Waals surface area contributed by atoms with Crippen molar-refractivity contribution in [2.24, 2.45) is 16.0 Å². The van der Waals surface area contributed by atoms with Crippen LogP contribution >= 0.6 is 24.2 Å². The minimum absolute atomic E-state index is 0. The molecule has 3 heterocycles. The Balaban J connectivity index is 0.00000210. The van der Waals surface area contributed by atoms with Gasteiger partial charge in [-0.25, -0.2) is 0 Å². The molecule has 2 atom stereocenters. The number of hydrazone groups is 1. The van der Waals surface area contributed by atoms with Crippen molar-refractivity contribution in [3.63, 3.8) is 0 Å². The molecule has 0 radical (unpaired) electrons. The molecule has 1 aromatic heterocycles. The number of aliphatic imine (C=N–C) groups is 1. The van der Waals surface area contributed by atoms with Gasteiger partial charge in [-0.1, -0.05) is 31.5 Å². The van der Waals surface area contributed by atoms with Gasteiger partial charge < -0.3 is 9.88 Å². The molecule has 1 saturated heterocycles. The summed E-state index contributed by atoms with van der Waals surface area (Å²) in [6.07, 6.45) is 9.17. The van der Waals surface area contributed by atoms with Crippen molar-refractivity contribution in [1.82, 2.24) is 15.3 Å². The van der Waals surface area contributed by atoms with E-state index in [9.17, 15) is 4.79 Å². The largest absolute Gasteiger partial charge is 0.357 e. The molecule has 0 aromatic carbocycles. The lowest BCUT2D eigenvalue weighted by Gasteiger charge is -2.26. The number of hydrogen-bond donors (Lipinski definition) is 2. The molecule has 8 heteroatoms. The monoisotopic (exact) mass is 409 g/mol. The number of halogens is 1. The van der Waals surface area contributed by atoms with E-state index >= 15 is 0 Å². The Morgan fingerprint density at radius 3 is 2.74 bits per heavy atom. The van der Waals surface area contributed by atoms with Gasteiger partial charge in [0.2, 0.25) is 0 Å². The summed E-state index contributed by atoms with van der Waals surface area (Å²) >= 11 is 1.70. The van der Waals surface area contributed by atoms with Gasteiger partial charge in [-0.15, -0.1) is 12.4 Å². The van der Waals surface area contributed by atoms with E-state index in [0.717, 1.165) is 48.1 Å². The van der Waals surface area contributed by atoms with Gasteiger partial charge in [-0.05, 0) is 37.7 Å². The summed E-state index contributed by atoms with van der Waals surface area (Å²) in [5, 5.41) is 5.44. The molecule has 0 bridgehead atoms. The molecule has 1 amide bonds. The molecule has 1 aromatic rings. The first-order valence-electron chi connectivity index (χ1n) is 9.72. The van der Waals surface area contributed by atoms with E-state index in [4.69, 9.17) is 4.99 Å². The van der Waals surface area contributed by atoms with Crippen molar-refractivity contribution < 1.29 is 4.79 Å². The minimum Gasteiger partial charge on any atom is -0.357 e. The van der Waals surface area contributed by atoms with Crippen LogP contribution < -0.4 is 5.43 Å². The number of aromatic nitrogens is 1. The second-order valence-corrected chi connectivity index (χ2v) is 8.49. The fourth-order valence-corrected chi connectivity index (χ4v) is 4.77. The van der Waals surface area contributed by atoms with E-state index < -0.39 is 0 Å². The standard InChI is InChI=1S/C19H27N5OS.ClH/c1-13-6-2-3-7-15(13)21-19-23-22-17(12-26-19)14-10-16(20-11-14)18(25)24-8-4-5-9-24;/h10-11,13,15,20H,2-9,12H2,1H3,(H,21,23);1H. The van der Waals surface area contributed by atoms with Crippen LogP contribution in [0.2, 0.25) is 0 Å². The minimum atomic E-state index is 0. The Hall–Kier alpha value is -1.47. The van der Waals surface area contributed by atoms with E-state index in [1.54, 1.807) is 11.8 Å². The van der Waals surface area contributed by atoms with Crippen LogP contribution in [0.25, 0.3) is 0 Å². The normalized spacial score (nSPS) is 27.1. The quantitative estimate of drug-likeness (QED) is 0.800. The van der Waals surface area contributed by atoms with Crippen molar-refractivity contribution in [2.45, 2.75) is 51.5 Å². The molecule has 148 valence electrons. The molecule has 2 fully saturated rings. The van der Waals surface area contributed by atoms with E-state index in [1.807, 2.05) is 17.2 Å². The molecule has 3 aliphatic rings. The van der Waals surface area contributed by atoms with Gasteiger partial charge in [0, 0.05) is 30.6 Å². The molecule has 4 rings (SSSR count). The van der Waals surface area contributed by atoms with Gasteiger partial charge >= 0.3 is 0 Å². The molecule has 2 aliphatic heterocycles. The zero-order valence-corrected chi connectivity index (χ0v) is 17.4. The molecule has 2 N–H and O–H groups in total. The van der Waals surface area contributed by atoms with Gasteiger partial charge in [0.25, 0.3) is 5.91 Å². The van der Waals surface area contributed by atoms with Crippen LogP contribution in [-0.2, 0) is 0 Å². The Kier molecular flexibility index (Phi) is 6.87. The third-order valence-electron chi connectivity index (χ3n) is 5.62. The first kappa shape index (κ1) is 20.3. The number of rotatable bonds is 3. The van der Waals surface area contributed by atoms with Crippen LogP contribution in [0, 0.1) is 5.92 Å². The topological polar surface area (TPSA) is 72.8 Å². The number of carbonyl (C=O) groups is 1. The third kappa shape index (κ3) is 4.69. The molecular weight excluding hydrogens is 382 g/mol. The van der Waals surface area contributed by atoms with Gasteiger partial charge in [0.15, 0.2) is 5.17 Å². The predicted molar refractivity (Wildman–Crippen MR) is 114 cm³/mol. The lowest BCUT2D eigenvalue weighted by molar-refractivity contribution is 0.0787. The van der Waals surface area contributed by atoms with Crippen LogP contribution in [0.15, 0.2) is 22.4 Å². The van der Waals surface area contributed by atoms with Gasteiger partial charge in [-0.3, -0.25) is 15.2 Å². The van der Waals surface area contributed by atoms with Gasteiger partial charge in [0.1, 0.15) is 5.69 Å². The highest BCUT2D eigenvalue weighted by atomic mass is 35.5. The predicted octanol–water partition coefficient (Wildman–Crippen LogP) is 3.65. The van der Waals surface area contributed by atoms with Crippen LogP contribution in [-0.4, -0.2) is 51.6 Å². The number of nitrogens with zero attached hydrogens (tertiary/aromatic N) is 3. The van der Waals surface area contributed by atoms with Crippen molar-refractivity contribution >= 4 is 41.0 Å². The van der Waals surface area contributed by atoms with E-state index in [2.05, 4.69) is 22.4 Å². The highest BCUT2D eigenvalue weighted by Crippen LogP contribution is 2.27. The smallest absolute Gasteiger partial charge is 0.270 e. The summed E-state index contributed by atoms with van der Waals surface area (Å²) in [6, 6.07) is 2.35. The summed E-state index contributed by atoms with van der Waals surface area (Å²) in [7, 11) is 0. The molecule has 27 heavy (non-hydrogen) atoms. The van der Waals surface area contributed by atoms with Crippen LogP contribution in [0.4, 0.5) is 0 Å². The fourth-order valence-electron chi connectivity index (χ4n) is 3.94. The Labute approximate surface area is 171 Å². The van der Waals surface area contributed by atoms with Gasteiger partial charge in [0.05, 0.1) is 11.8 Å². The number of likely N-dealkylation sites (tertiary alicyclic amines) is 1. The maximum atomic E-state index is 12.5. The zero-order valence-electron chi connectivity index (χ0n) is 15.7. The number of amides is 1. The third-order valence-corrected chi connectivity index (χ3v) is 6.51. The number of thioether (sulfide) groups is 1. The average molecular weight is 410 g/mol. The molecule has 2 unspecified atom stereocenters. The summed E-state index contributed by atoms with van der Waals surface area (Å²) in [4.78, 5) is 22.4. The van der Waals surface area contributed by atoms with Crippen LogP contribution in [0.1, 0.15) is 61.5 Å². The second-order valence-electron chi connectivity index (χ2n) is 7.52. The van der Waals surface area contributed by atoms with Crippen LogP contribution in [0.5, 0.6) is 0 Å². The first-order valence-corrected chi connectivity index (χ1v) is 10.7. The molecular formula is C19H28ClN5OS. The van der Waals surface area contributed by atoms with Crippen LogP contribution in [0.3, 0.4) is 0 Å². The Morgan fingerprint density at radius 2 is 2.04 bits per heavy atom. The lowest BCUT2D eigenvalue weighted by Crippen LogP contribution is -2.29. The van der Waals surface area contributed by atoms with E-state index in [1.165, 1.54) is 25.7 Å². The second kappa shape index (κ2) is 9.15. The van der Waals surface area contributed by atoms with E-state index in [0.29, 0.717) is 17.7 Å². The number of H-pyrrole nitrogens is 1. The highest BCUT2D eigenvalue weighted by Gasteiger charge is 2.24. The number of hydrogen-bond acceptors (Lipinski definition) is 4. The molecule has 0 spiro atoms. The van der Waals surface area contributed by atoms with Crippen molar-refractivity contribution in [3.8, 4) is 0 Å². The number of amidine groups is 1.